The molecule has 1 fully saturated rings. The van der Waals surface area contributed by atoms with Crippen LogP contribution in [0.15, 0.2) is 40.9 Å². The monoisotopic (exact) mass is 319 g/mol. The first-order valence-corrected chi connectivity index (χ1v) is 7.76. The summed E-state index contributed by atoms with van der Waals surface area (Å²) < 4.78 is 1.03. The number of hydrogen-bond donors (Lipinski definition) is 1. The molecule has 2 atom stereocenters. The molecule has 1 saturated carbocycles. The van der Waals surface area contributed by atoms with Crippen molar-refractivity contribution in [3.05, 3.63) is 40.9 Å². The average molecular weight is 320 g/mol. The Labute approximate surface area is 122 Å². The van der Waals surface area contributed by atoms with Gasteiger partial charge in [-0.15, -0.1) is 0 Å². The lowest BCUT2D eigenvalue weighted by atomic mass is 10.1. The Kier molecular flexibility index (Phi) is 3.74. The molecule has 100 valence electrons. The molecule has 0 aromatic heterocycles. The number of amides is 1. The highest BCUT2D eigenvalue weighted by atomic mass is 79.9. The van der Waals surface area contributed by atoms with Gasteiger partial charge >= 0.3 is 0 Å². The first kappa shape index (κ1) is 12.9. The molecule has 0 unspecified atom stereocenters. The van der Waals surface area contributed by atoms with E-state index in [0.29, 0.717) is 11.8 Å². The fourth-order valence-electron chi connectivity index (χ4n) is 3.19. The Bertz CT molecular complexity index is 478. The second kappa shape index (κ2) is 5.49. The second-order valence-corrected chi connectivity index (χ2v) is 6.39. The fourth-order valence-corrected chi connectivity index (χ4v) is 3.46. The van der Waals surface area contributed by atoms with Crippen LogP contribution in [0.25, 0.3) is 0 Å². The number of carbonyl (C=O) groups is 1. The van der Waals surface area contributed by atoms with Gasteiger partial charge in [-0.05, 0) is 61.8 Å². The lowest BCUT2D eigenvalue weighted by Gasteiger charge is -2.04. The van der Waals surface area contributed by atoms with E-state index in [4.69, 9.17) is 0 Å². The first-order valence-electron chi connectivity index (χ1n) is 6.97. The zero-order valence-corrected chi connectivity index (χ0v) is 12.4. The van der Waals surface area contributed by atoms with E-state index in [2.05, 4.69) is 33.4 Å². The van der Waals surface area contributed by atoms with Gasteiger partial charge in [-0.2, -0.15) is 0 Å². The predicted octanol–water partition coefficient (Wildman–Crippen LogP) is 4.38. The van der Waals surface area contributed by atoms with Crippen LogP contribution in [0.1, 0.15) is 25.7 Å². The summed E-state index contributed by atoms with van der Waals surface area (Å²) in [6.45, 7) is 0. The largest absolute Gasteiger partial charge is 0.326 e. The van der Waals surface area contributed by atoms with Crippen molar-refractivity contribution in [3.63, 3.8) is 0 Å². The summed E-state index contributed by atoms with van der Waals surface area (Å²) in [5.74, 6) is 1.67. The van der Waals surface area contributed by atoms with Crippen LogP contribution in [0.3, 0.4) is 0 Å². The Morgan fingerprint density at radius 1 is 1.05 bits per heavy atom. The SMILES string of the molecule is O=C(Nc1ccc(Br)cc1)C1[C@@H]2CCC=CCC[C@@H]12. The molecule has 1 amide bonds. The van der Waals surface area contributed by atoms with Crippen LogP contribution >= 0.6 is 15.9 Å². The van der Waals surface area contributed by atoms with E-state index in [1.165, 1.54) is 12.8 Å². The quantitative estimate of drug-likeness (QED) is 0.805. The lowest BCUT2D eigenvalue weighted by Crippen LogP contribution is -2.15. The normalized spacial score (nSPS) is 29.0. The van der Waals surface area contributed by atoms with Gasteiger partial charge in [0.1, 0.15) is 0 Å². The minimum atomic E-state index is 0.208. The zero-order valence-electron chi connectivity index (χ0n) is 10.8. The molecule has 2 aliphatic carbocycles. The van der Waals surface area contributed by atoms with Crippen molar-refractivity contribution < 1.29 is 4.79 Å². The summed E-state index contributed by atoms with van der Waals surface area (Å²) in [6.07, 6.45) is 9.11. The van der Waals surface area contributed by atoms with E-state index in [1.54, 1.807) is 0 Å². The molecule has 1 aromatic rings. The molecular weight excluding hydrogens is 302 g/mol. The first-order chi connectivity index (χ1) is 9.25. The summed E-state index contributed by atoms with van der Waals surface area (Å²) in [7, 11) is 0. The maximum absolute atomic E-state index is 12.3. The van der Waals surface area contributed by atoms with Crippen LogP contribution in [0.2, 0.25) is 0 Å². The van der Waals surface area contributed by atoms with Gasteiger partial charge in [-0.3, -0.25) is 4.79 Å². The van der Waals surface area contributed by atoms with Gasteiger partial charge in [0.25, 0.3) is 0 Å². The van der Waals surface area contributed by atoms with Crippen molar-refractivity contribution >= 4 is 27.5 Å². The van der Waals surface area contributed by atoms with Crippen molar-refractivity contribution in [1.82, 2.24) is 0 Å². The van der Waals surface area contributed by atoms with Crippen LogP contribution in [0.5, 0.6) is 0 Å². The van der Waals surface area contributed by atoms with E-state index in [1.807, 2.05) is 24.3 Å². The number of benzene rings is 1. The number of carbonyl (C=O) groups excluding carboxylic acids is 1. The summed E-state index contributed by atoms with van der Waals surface area (Å²) in [5.41, 5.74) is 0.894. The topological polar surface area (TPSA) is 29.1 Å². The predicted molar refractivity (Wildman–Crippen MR) is 80.8 cm³/mol. The van der Waals surface area contributed by atoms with Gasteiger partial charge in [-0.25, -0.2) is 0 Å². The Hall–Kier alpha value is -1.09. The Morgan fingerprint density at radius 3 is 2.21 bits per heavy atom. The summed E-state index contributed by atoms with van der Waals surface area (Å²) in [5, 5.41) is 3.05. The molecule has 3 rings (SSSR count). The van der Waals surface area contributed by atoms with Gasteiger partial charge in [0, 0.05) is 16.1 Å². The summed E-state index contributed by atoms with van der Waals surface area (Å²) >= 11 is 3.40. The van der Waals surface area contributed by atoms with E-state index in [9.17, 15) is 4.79 Å². The fraction of sp³-hybridized carbons (Fsp3) is 0.438. The van der Waals surface area contributed by atoms with Crippen molar-refractivity contribution in [2.45, 2.75) is 25.7 Å². The average Bonchev–Trinajstić information content (AvgIpc) is 3.03. The minimum Gasteiger partial charge on any atom is -0.326 e. The number of rotatable bonds is 2. The molecule has 19 heavy (non-hydrogen) atoms. The number of allylic oxidation sites excluding steroid dienone is 2. The van der Waals surface area contributed by atoms with E-state index >= 15 is 0 Å². The van der Waals surface area contributed by atoms with E-state index in [0.717, 1.165) is 23.0 Å². The highest BCUT2D eigenvalue weighted by Gasteiger charge is 2.53. The molecular formula is C16H18BrNO. The number of fused-ring (bicyclic) bond motifs is 1. The standard InChI is InChI=1S/C16H18BrNO/c17-11-7-9-12(10-8-11)18-16(19)15-13-5-3-1-2-4-6-14(13)15/h1-2,7-10,13-15H,3-6H2,(H,18,19)/t13-,14-/m1/s1. The van der Waals surface area contributed by atoms with Gasteiger partial charge < -0.3 is 5.32 Å². The number of hydrogen-bond acceptors (Lipinski definition) is 1. The van der Waals surface area contributed by atoms with Crippen molar-refractivity contribution in [1.29, 1.82) is 0 Å². The van der Waals surface area contributed by atoms with Crippen molar-refractivity contribution in [3.8, 4) is 0 Å². The van der Waals surface area contributed by atoms with Crippen LogP contribution < -0.4 is 5.32 Å². The number of halogens is 1. The smallest absolute Gasteiger partial charge is 0.228 e. The minimum absolute atomic E-state index is 0.208. The number of nitrogens with one attached hydrogen (secondary N) is 1. The molecule has 0 saturated heterocycles. The third kappa shape index (κ3) is 2.92. The number of anilines is 1. The molecule has 2 aliphatic rings. The lowest BCUT2D eigenvalue weighted by molar-refractivity contribution is -0.117. The maximum Gasteiger partial charge on any atom is 0.228 e. The molecule has 1 N–H and O–H groups in total. The summed E-state index contributed by atoms with van der Waals surface area (Å²) in [4.78, 5) is 12.3. The molecule has 1 aromatic carbocycles. The van der Waals surface area contributed by atoms with Crippen molar-refractivity contribution in [2.75, 3.05) is 5.32 Å². The Balaban J connectivity index is 1.61. The third-order valence-corrected chi connectivity index (χ3v) is 4.77. The zero-order chi connectivity index (χ0) is 13.2. The highest BCUT2D eigenvalue weighted by Crippen LogP contribution is 2.53. The van der Waals surface area contributed by atoms with E-state index in [-0.39, 0.29) is 11.8 Å². The second-order valence-electron chi connectivity index (χ2n) is 5.48. The maximum atomic E-state index is 12.3. The van der Waals surface area contributed by atoms with Crippen LogP contribution in [-0.2, 0) is 4.79 Å². The molecule has 3 heteroatoms. The third-order valence-electron chi connectivity index (χ3n) is 4.25. The van der Waals surface area contributed by atoms with Gasteiger partial charge in [0.05, 0.1) is 0 Å². The molecule has 2 nitrogen and oxygen atoms in total. The highest BCUT2D eigenvalue weighted by molar-refractivity contribution is 9.10. The van der Waals surface area contributed by atoms with Crippen molar-refractivity contribution in [2.24, 2.45) is 17.8 Å². The molecule has 0 heterocycles. The molecule has 0 bridgehead atoms. The van der Waals surface area contributed by atoms with Gasteiger partial charge in [0.15, 0.2) is 0 Å². The van der Waals surface area contributed by atoms with E-state index < -0.39 is 0 Å². The van der Waals surface area contributed by atoms with Gasteiger partial charge in [-0.1, -0.05) is 28.1 Å². The molecule has 0 radical (unpaired) electrons. The Morgan fingerprint density at radius 2 is 1.63 bits per heavy atom. The molecule has 0 aliphatic heterocycles. The van der Waals surface area contributed by atoms with Crippen LogP contribution in [0.4, 0.5) is 5.69 Å². The van der Waals surface area contributed by atoms with Crippen LogP contribution in [-0.4, -0.2) is 5.91 Å². The molecule has 0 spiro atoms. The van der Waals surface area contributed by atoms with Crippen LogP contribution in [0, 0.1) is 17.8 Å². The van der Waals surface area contributed by atoms with Gasteiger partial charge in [0.2, 0.25) is 5.91 Å². The summed E-state index contributed by atoms with van der Waals surface area (Å²) in [6, 6.07) is 7.78.